The summed E-state index contributed by atoms with van der Waals surface area (Å²) in [5, 5.41) is 0. The Hall–Kier alpha value is -2.82. The summed E-state index contributed by atoms with van der Waals surface area (Å²) in [5.74, 6) is 2.43. The third kappa shape index (κ3) is 4.76. The minimum Gasteiger partial charge on any atom is -0.493 e. The van der Waals surface area contributed by atoms with E-state index in [2.05, 4.69) is 61.7 Å². The molecule has 4 rings (SSSR count). The lowest BCUT2D eigenvalue weighted by molar-refractivity contribution is -0.127. The molecule has 5 heteroatoms. The van der Waals surface area contributed by atoms with Crippen molar-refractivity contribution in [1.82, 2.24) is 14.5 Å². The summed E-state index contributed by atoms with van der Waals surface area (Å²) in [4.78, 5) is 19.5. The molecule has 1 fully saturated rings. The van der Waals surface area contributed by atoms with Gasteiger partial charge in [-0.2, -0.15) is 0 Å². The lowest BCUT2D eigenvalue weighted by Crippen LogP contribution is -2.26. The Labute approximate surface area is 185 Å². The number of hydrogen-bond donors (Lipinski definition) is 0. The zero-order chi connectivity index (χ0) is 21.8. The predicted molar refractivity (Wildman–Crippen MR) is 125 cm³/mol. The summed E-state index contributed by atoms with van der Waals surface area (Å²) in [6.45, 7) is 9.46. The highest BCUT2D eigenvalue weighted by Gasteiger charge is 2.33. The lowest BCUT2D eigenvalue weighted by Gasteiger charge is -2.17. The van der Waals surface area contributed by atoms with Gasteiger partial charge < -0.3 is 14.2 Å². The van der Waals surface area contributed by atoms with E-state index in [9.17, 15) is 4.79 Å². The van der Waals surface area contributed by atoms with Crippen molar-refractivity contribution in [3.05, 3.63) is 59.4 Å². The molecule has 0 spiro atoms. The van der Waals surface area contributed by atoms with E-state index in [0.717, 1.165) is 67.1 Å². The number of amides is 1. The third-order valence-corrected chi connectivity index (χ3v) is 6.17. The number of nitrogens with zero attached hydrogens (tertiary/aromatic N) is 3. The first-order valence-electron chi connectivity index (χ1n) is 11.5. The first-order valence-corrected chi connectivity index (χ1v) is 11.5. The molecule has 1 aliphatic heterocycles. The fraction of sp³-hybridized carbons (Fsp3) is 0.462. The highest BCUT2D eigenvalue weighted by molar-refractivity contribution is 5.80. The first-order chi connectivity index (χ1) is 15.1. The Balaban J connectivity index is 1.48. The van der Waals surface area contributed by atoms with Gasteiger partial charge in [0, 0.05) is 32.0 Å². The molecule has 0 radical (unpaired) electrons. The van der Waals surface area contributed by atoms with Gasteiger partial charge in [0.15, 0.2) is 0 Å². The van der Waals surface area contributed by atoms with Gasteiger partial charge >= 0.3 is 0 Å². The molecule has 1 amide bonds. The van der Waals surface area contributed by atoms with Crippen molar-refractivity contribution in [3.63, 3.8) is 0 Å². The van der Waals surface area contributed by atoms with Crippen LogP contribution in [0.3, 0.4) is 0 Å². The van der Waals surface area contributed by atoms with E-state index in [1.165, 1.54) is 5.56 Å². The van der Waals surface area contributed by atoms with E-state index < -0.39 is 0 Å². The molecule has 1 atom stereocenters. The maximum atomic E-state index is 12.5. The number of ether oxygens (including phenoxy) is 1. The molecule has 1 saturated heterocycles. The van der Waals surface area contributed by atoms with Gasteiger partial charge in [-0.05, 0) is 56.0 Å². The van der Waals surface area contributed by atoms with Crippen LogP contribution in [0.4, 0.5) is 0 Å². The van der Waals surface area contributed by atoms with Gasteiger partial charge in [0.1, 0.15) is 11.6 Å². The van der Waals surface area contributed by atoms with E-state index in [-0.39, 0.29) is 11.8 Å². The van der Waals surface area contributed by atoms with Crippen LogP contribution in [-0.2, 0) is 11.3 Å². The molecule has 1 aromatic heterocycles. The molecule has 0 N–H and O–H groups in total. The lowest BCUT2D eigenvalue weighted by atomic mass is 10.1. The smallest absolute Gasteiger partial charge is 0.223 e. The highest BCUT2D eigenvalue weighted by Crippen LogP contribution is 2.31. The molecule has 0 bridgehead atoms. The van der Waals surface area contributed by atoms with Crippen molar-refractivity contribution in [2.45, 2.75) is 58.9 Å². The molecule has 164 valence electrons. The number of para-hydroxylation sites is 2. The number of carbonyl (C=O) groups excluding carboxylic acids is 1. The fourth-order valence-corrected chi connectivity index (χ4v) is 4.42. The summed E-state index contributed by atoms with van der Waals surface area (Å²) in [6, 6.07) is 14.6. The number of aromatic nitrogens is 2. The molecular weight excluding hydrogens is 386 g/mol. The number of unbranched alkanes of at least 4 members (excludes halogenated alkanes) is 1. The van der Waals surface area contributed by atoms with Crippen LogP contribution in [-0.4, -0.2) is 40.1 Å². The van der Waals surface area contributed by atoms with E-state index in [1.54, 1.807) is 0 Å². The van der Waals surface area contributed by atoms with Crippen molar-refractivity contribution in [1.29, 1.82) is 0 Å². The number of likely N-dealkylation sites (tertiary alicyclic amines) is 1. The first kappa shape index (κ1) is 21.4. The van der Waals surface area contributed by atoms with Crippen molar-refractivity contribution in [3.8, 4) is 5.75 Å². The minimum absolute atomic E-state index is 0.164. The topological polar surface area (TPSA) is 47.4 Å². The van der Waals surface area contributed by atoms with Gasteiger partial charge in [-0.25, -0.2) is 4.98 Å². The number of hydrogen-bond acceptors (Lipinski definition) is 3. The average molecular weight is 420 g/mol. The second-order valence-electron chi connectivity index (χ2n) is 8.68. The SMILES string of the molecule is CCCCN1C[C@@H](c2nc3ccccc3n2CCCOc2cc(C)ccc2C)CC1=O. The molecule has 1 aliphatic rings. The highest BCUT2D eigenvalue weighted by atomic mass is 16.5. The summed E-state index contributed by atoms with van der Waals surface area (Å²) >= 11 is 0. The predicted octanol–water partition coefficient (Wildman–Crippen LogP) is 5.24. The Morgan fingerprint density at radius 3 is 2.77 bits per heavy atom. The molecule has 2 heterocycles. The molecule has 0 saturated carbocycles. The fourth-order valence-electron chi connectivity index (χ4n) is 4.42. The van der Waals surface area contributed by atoms with Crippen LogP contribution in [0.1, 0.15) is 55.5 Å². The van der Waals surface area contributed by atoms with Crippen LogP contribution in [0.2, 0.25) is 0 Å². The van der Waals surface area contributed by atoms with Gasteiger partial charge in [-0.3, -0.25) is 4.79 Å². The summed E-state index contributed by atoms with van der Waals surface area (Å²) in [5.41, 5.74) is 4.52. The molecule has 5 nitrogen and oxygen atoms in total. The van der Waals surface area contributed by atoms with Gasteiger partial charge in [0.25, 0.3) is 0 Å². The zero-order valence-electron chi connectivity index (χ0n) is 18.9. The third-order valence-electron chi connectivity index (χ3n) is 6.17. The number of fused-ring (bicyclic) bond motifs is 1. The van der Waals surface area contributed by atoms with E-state index in [0.29, 0.717) is 13.0 Å². The Kier molecular flexibility index (Phi) is 6.59. The maximum Gasteiger partial charge on any atom is 0.223 e. The molecule has 2 aromatic carbocycles. The molecular formula is C26H33N3O2. The summed E-state index contributed by atoms with van der Waals surface area (Å²) < 4.78 is 8.38. The largest absolute Gasteiger partial charge is 0.493 e. The number of aryl methyl sites for hydroxylation is 3. The molecule has 0 unspecified atom stereocenters. The number of imidazole rings is 1. The number of benzene rings is 2. The van der Waals surface area contributed by atoms with Gasteiger partial charge in [0.2, 0.25) is 5.91 Å². The van der Waals surface area contributed by atoms with Crippen molar-refractivity contribution >= 4 is 16.9 Å². The van der Waals surface area contributed by atoms with Gasteiger partial charge in [0.05, 0.1) is 17.6 Å². The van der Waals surface area contributed by atoms with Gasteiger partial charge in [-0.15, -0.1) is 0 Å². The van der Waals surface area contributed by atoms with Crippen LogP contribution >= 0.6 is 0 Å². The molecule has 0 aliphatic carbocycles. The molecule has 31 heavy (non-hydrogen) atoms. The van der Waals surface area contributed by atoms with Crippen LogP contribution < -0.4 is 4.74 Å². The molecule has 3 aromatic rings. The Morgan fingerprint density at radius 1 is 1.10 bits per heavy atom. The normalized spacial score (nSPS) is 16.4. The van der Waals surface area contributed by atoms with E-state index >= 15 is 0 Å². The van der Waals surface area contributed by atoms with Crippen molar-refractivity contribution < 1.29 is 9.53 Å². The van der Waals surface area contributed by atoms with Crippen LogP contribution in [0, 0.1) is 13.8 Å². The quantitative estimate of drug-likeness (QED) is 0.446. The van der Waals surface area contributed by atoms with Crippen LogP contribution in [0.15, 0.2) is 42.5 Å². The average Bonchev–Trinajstić information content (AvgIpc) is 3.32. The number of rotatable bonds is 9. The summed E-state index contributed by atoms with van der Waals surface area (Å²) in [7, 11) is 0. The number of carbonyl (C=O) groups is 1. The maximum absolute atomic E-state index is 12.5. The van der Waals surface area contributed by atoms with E-state index in [1.807, 2.05) is 11.0 Å². The second-order valence-corrected chi connectivity index (χ2v) is 8.68. The second kappa shape index (κ2) is 9.54. The Bertz CT molecular complexity index is 1060. The van der Waals surface area contributed by atoms with Gasteiger partial charge in [-0.1, -0.05) is 37.6 Å². The Morgan fingerprint density at radius 2 is 1.94 bits per heavy atom. The zero-order valence-corrected chi connectivity index (χ0v) is 18.9. The monoisotopic (exact) mass is 419 g/mol. The summed E-state index contributed by atoms with van der Waals surface area (Å²) in [6.07, 6.45) is 3.62. The van der Waals surface area contributed by atoms with Crippen molar-refractivity contribution in [2.75, 3.05) is 19.7 Å². The van der Waals surface area contributed by atoms with Crippen molar-refractivity contribution in [2.24, 2.45) is 0 Å². The van der Waals surface area contributed by atoms with Crippen LogP contribution in [0.25, 0.3) is 11.0 Å². The van der Waals surface area contributed by atoms with Crippen LogP contribution in [0.5, 0.6) is 5.75 Å². The minimum atomic E-state index is 0.164. The standard InChI is InChI=1S/C26H33N3O2/c1-4-5-13-28-18-21(17-25(28)30)26-27-22-9-6-7-10-23(22)29(26)14-8-15-31-24-16-19(2)11-12-20(24)3/h6-7,9-12,16,21H,4-5,8,13-15,17-18H2,1-3H3/t21-/m0/s1. The van der Waals surface area contributed by atoms with E-state index in [4.69, 9.17) is 9.72 Å².